The van der Waals surface area contributed by atoms with Crippen LogP contribution in [-0.4, -0.2) is 12.1 Å². The number of allylic oxidation sites excluding steroid dienone is 1. The molecule has 3 nitrogen and oxygen atoms in total. The number of fused-ring (bicyclic) bond motifs is 1. The smallest absolute Gasteiger partial charge is 0.124 e. The molecule has 0 fully saturated rings. The van der Waals surface area contributed by atoms with Gasteiger partial charge in [-0.05, 0) is 64.5 Å². The second-order valence-corrected chi connectivity index (χ2v) is 8.87. The second-order valence-electron chi connectivity index (χ2n) is 8.87. The Morgan fingerprint density at radius 1 is 1.04 bits per heavy atom. The van der Waals surface area contributed by atoms with Crippen LogP contribution < -0.4 is 0 Å². The quantitative estimate of drug-likeness (QED) is 0.476. The zero-order valence-electron chi connectivity index (χ0n) is 17.4. The average molecular weight is 366 g/mol. The molecule has 1 aliphatic carbocycles. The Morgan fingerprint density at radius 3 is 2.37 bits per heavy atom. The highest BCUT2D eigenvalue weighted by atomic mass is 17.2. The topological polar surface area (TPSA) is 31.4 Å². The highest BCUT2D eigenvalue weighted by Crippen LogP contribution is 2.46. The molecule has 0 atom stereocenters. The van der Waals surface area contributed by atoms with Gasteiger partial charge in [-0.15, -0.1) is 0 Å². The predicted octanol–water partition coefficient (Wildman–Crippen LogP) is 6.07. The maximum Gasteiger partial charge on any atom is 0.124 e. The number of nitrogens with zero attached hydrogens (tertiary/aromatic N) is 1. The molecule has 0 spiro atoms. The summed E-state index contributed by atoms with van der Waals surface area (Å²) in [7, 11) is 1.50. The lowest BCUT2D eigenvalue weighted by molar-refractivity contribution is -0.282. The van der Waals surface area contributed by atoms with E-state index in [1.807, 2.05) is 12.3 Å². The summed E-state index contributed by atoms with van der Waals surface area (Å²) in [4.78, 5) is 14.0. The Morgan fingerprint density at radius 2 is 1.74 bits per heavy atom. The Bertz CT molecular complexity index is 832. The standard InChI is InChI=1S/C24H31NO2/c1-17(19-8-9-20(25-15-19)16-27-26-6)13-18-7-10-21-22(14-18)24(4,5)12-11-23(21,2)3/h7-10,13-15H,11-12,16H2,1-6H3/b17-13-. The lowest BCUT2D eigenvalue weighted by Crippen LogP contribution is -2.33. The minimum absolute atomic E-state index is 0.229. The maximum atomic E-state index is 4.93. The van der Waals surface area contributed by atoms with Gasteiger partial charge in [0.1, 0.15) is 6.61 Å². The van der Waals surface area contributed by atoms with Gasteiger partial charge in [-0.25, -0.2) is 9.78 Å². The number of benzene rings is 1. The molecule has 0 saturated heterocycles. The van der Waals surface area contributed by atoms with E-state index in [0.29, 0.717) is 6.61 Å². The van der Waals surface area contributed by atoms with Gasteiger partial charge < -0.3 is 0 Å². The Hall–Kier alpha value is -1.97. The molecule has 0 radical (unpaired) electrons. The van der Waals surface area contributed by atoms with Crippen molar-refractivity contribution in [2.45, 2.75) is 64.9 Å². The van der Waals surface area contributed by atoms with Crippen molar-refractivity contribution in [3.63, 3.8) is 0 Å². The third-order valence-electron chi connectivity index (χ3n) is 5.86. The minimum atomic E-state index is 0.229. The molecule has 0 amide bonds. The van der Waals surface area contributed by atoms with Crippen LogP contribution in [0, 0.1) is 0 Å². The molecule has 3 heteroatoms. The number of rotatable bonds is 5. The van der Waals surface area contributed by atoms with Gasteiger partial charge in [0.25, 0.3) is 0 Å². The van der Waals surface area contributed by atoms with E-state index >= 15 is 0 Å². The molecule has 0 unspecified atom stereocenters. The summed E-state index contributed by atoms with van der Waals surface area (Å²) >= 11 is 0. The molecular weight excluding hydrogens is 334 g/mol. The molecule has 1 aromatic heterocycles. The fourth-order valence-corrected chi connectivity index (χ4v) is 3.89. The summed E-state index contributed by atoms with van der Waals surface area (Å²) in [6, 6.07) is 11.0. The Kier molecular flexibility index (Phi) is 5.55. The van der Waals surface area contributed by atoms with Crippen molar-refractivity contribution in [2.24, 2.45) is 0 Å². The summed E-state index contributed by atoms with van der Waals surface area (Å²) in [5, 5.41) is 0. The molecule has 1 heterocycles. The van der Waals surface area contributed by atoms with Crippen molar-refractivity contribution in [3.05, 3.63) is 64.5 Å². The molecule has 1 aliphatic rings. The van der Waals surface area contributed by atoms with Crippen LogP contribution in [0.25, 0.3) is 11.6 Å². The molecule has 27 heavy (non-hydrogen) atoms. The van der Waals surface area contributed by atoms with Crippen LogP contribution in [0.1, 0.15) is 75.4 Å². The van der Waals surface area contributed by atoms with Crippen LogP contribution in [-0.2, 0) is 27.2 Å². The third kappa shape index (κ3) is 4.31. The van der Waals surface area contributed by atoms with E-state index < -0.39 is 0 Å². The van der Waals surface area contributed by atoms with E-state index in [1.165, 1.54) is 42.2 Å². The van der Waals surface area contributed by atoms with Crippen LogP contribution in [0.4, 0.5) is 0 Å². The Labute approximate surface area is 163 Å². The fraction of sp³-hybridized carbons (Fsp3) is 0.458. The van der Waals surface area contributed by atoms with Gasteiger partial charge in [0.15, 0.2) is 0 Å². The van der Waals surface area contributed by atoms with Gasteiger partial charge >= 0.3 is 0 Å². The maximum absolute atomic E-state index is 4.93. The summed E-state index contributed by atoms with van der Waals surface area (Å²) in [6.07, 6.45) is 6.62. The first-order valence-corrected chi connectivity index (χ1v) is 9.67. The van der Waals surface area contributed by atoms with Crippen molar-refractivity contribution in [1.82, 2.24) is 4.98 Å². The molecule has 0 aliphatic heterocycles. The van der Waals surface area contributed by atoms with Crippen LogP contribution >= 0.6 is 0 Å². The van der Waals surface area contributed by atoms with Crippen LogP contribution in [0.3, 0.4) is 0 Å². The molecule has 1 aromatic carbocycles. The van der Waals surface area contributed by atoms with Crippen LogP contribution in [0.2, 0.25) is 0 Å². The van der Waals surface area contributed by atoms with E-state index in [0.717, 1.165) is 11.3 Å². The molecule has 0 bridgehead atoms. The first kappa shape index (κ1) is 19.8. The number of hydrogen-bond donors (Lipinski definition) is 0. The summed E-state index contributed by atoms with van der Waals surface area (Å²) < 4.78 is 0. The van der Waals surface area contributed by atoms with Crippen molar-refractivity contribution in [3.8, 4) is 0 Å². The van der Waals surface area contributed by atoms with E-state index in [4.69, 9.17) is 4.89 Å². The number of aromatic nitrogens is 1. The van der Waals surface area contributed by atoms with Crippen molar-refractivity contribution < 1.29 is 9.78 Å². The zero-order valence-corrected chi connectivity index (χ0v) is 17.4. The van der Waals surface area contributed by atoms with Gasteiger partial charge in [0.05, 0.1) is 12.8 Å². The van der Waals surface area contributed by atoms with Crippen molar-refractivity contribution in [1.29, 1.82) is 0 Å². The Balaban J connectivity index is 1.89. The lowest BCUT2D eigenvalue weighted by Gasteiger charge is -2.42. The lowest BCUT2D eigenvalue weighted by atomic mass is 9.63. The highest BCUT2D eigenvalue weighted by Gasteiger charge is 2.36. The minimum Gasteiger partial charge on any atom is -0.258 e. The molecule has 2 aromatic rings. The SMILES string of the molecule is COOCc1ccc(/C(C)=C\c2ccc3c(c2)C(C)(C)CCC3(C)C)cn1. The molecule has 3 rings (SSSR count). The first-order chi connectivity index (χ1) is 12.7. The molecule has 144 valence electrons. The first-order valence-electron chi connectivity index (χ1n) is 9.67. The molecular formula is C24H31NO2. The van der Waals surface area contributed by atoms with Crippen LogP contribution in [0.5, 0.6) is 0 Å². The summed E-state index contributed by atoms with van der Waals surface area (Å²) in [5.41, 5.74) is 7.90. The van der Waals surface area contributed by atoms with Crippen molar-refractivity contribution >= 4 is 11.6 Å². The highest BCUT2D eigenvalue weighted by molar-refractivity contribution is 5.80. The van der Waals surface area contributed by atoms with E-state index in [-0.39, 0.29) is 10.8 Å². The number of pyridine rings is 1. The van der Waals surface area contributed by atoms with Gasteiger partial charge in [0.2, 0.25) is 0 Å². The predicted molar refractivity (Wildman–Crippen MR) is 111 cm³/mol. The van der Waals surface area contributed by atoms with Gasteiger partial charge in [0, 0.05) is 6.20 Å². The largest absolute Gasteiger partial charge is 0.258 e. The third-order valence-corrected chi connectivity index (χ3v) is 5.86. The van der Waals surface area contributed by atoms with Gasteiger partial charge in [-0.1, -0.05) is 58.0 Å². The summed E-state index contributed by atoms with van der Waals surface area (Å²) in [6.45, 7) is 12.0. The van der Waals surface area contributed by atoms with Crippen LogP contribution in [0.15, 0.2) is 36.5 Å². The normalized spacial score (nSPS) is 18.2. The van der Waals surface area contributed by atoms with Gasteiger partial charge in [-0.2, -0.15) is 0 Å². The zero-order chi connectivity index (χ0) is 19.7. The van der Waals surface area contributed by atoms with E-state index in [1.54, 1.807) is 0 Å². The average Bonchev–Trinajstić information content (AvgIpc) is 2.64. The van der Waals surface area contributed by atoms with Crippen molar-refractivity contribution in [2.75, 3.05) is 7.11 Å². The van der Waals surface area contributed by atoms with Gasteiger partial charge in [-0.3, -0.25) is 4.98 Å². The fourth-order valence-electron chi connectivity index (χ4n) is 3.89. The van der Waals surface area contributed by atoms with E-state index in [2.05, 4.69) is 74.8 Å². The second kappa shape index (κ2) is 7.57. The summed E-state index contributed by atoms with van der Waals surface area (Å²) in [5.74, 6) is 0. The number of hydrogen-bond acceptors (Lipinski definition) is 3. The molecule has 0 N–H and O–H groups in total. The molecule has 0 saturated carbocycles. The van der Waals surface area contributed by atoms with E-state index in [9.17, 15) is 0 Å². The monoisotopic (exact) mass is 365 g/mol.